The summed E-state index contributed by atoms with van der Waals surface area (Å²) in [5.74, 6) is -0.192. The SMILES string of the molecule is CCc1ccc(/C=C2/SC(=S)N(/N=C/c3ccc(Br)cc3)C2=O)cc1. The highest BCUT2D eigenvalue weighted by atomic mass is 79.9. The number of aryl methyl sites for hydroxylation is 1. The summed E-state index contributed by atoms with van der Waals surface area (Å²) in [5, 5.41) is 5.52. The summed E-state index contributed by atoms with van der Waals surface area (Å²) in [7, 11) is 0. The zero-order valence-corrected chi connectivity index (χ0v) is 16.7. The molecule has 0 saturated carbocycles. The fraction of sp³-hybridized carbons (Fsp3) is 0.105. The Labute approximate surface area is 164 Å². The molecule has 2 aromatic rings. The molecule has 126 valence electrons. The largest absolute Gasteiger partial charge is 0.286 e. The van der Waals surface area contributed by atoms with E-state index in [0.717, 1.165) is 22.0 Å². The molecule has 1 fully saturated rings. The molecule has 1 aliphatic heterocycles. The Morgan fingerprint density at radius 3 is 2.40 bits per heavy atom. The van der Waals surface area contributed by atoms with E-state index in [9.17, 15) is 4.79 Å². The maximum absolute atomic E-state index is 12.5. The molecule has 1 amide bonds. The predicted octanol–water partition coefficient (Wildman–Crippen LogP) is 5.25. The van der Waals surface area contributed by atoms with E-state index in [2.05, 4.69) is 40.1 Å². The molecule has 0 N–H and O–H groups in total. The minimum atomic E-state index is -0.192. The third-order valence-corrected chi connectivity index (χ3v) is 5.46. The molecule has 0 atom stereocenters. The lowest BCUT2D eigenvalue weighted by Crippen LogP contribution is -2.22. The summed E-state index contributed by atoms with van der Waals surface area (Å²) in [4.78, 5) is 13.1. The summed E-state index contributed by atoms with van der Waals surface area (Å²) in [5.41, 5.74) is 3.15. The van der Waals surface area contributed by atoms with Gasteiger partial charge >= 0.3 is 0 Å². The number of hydrogen-bond donors (Lipinski definition) is 0. The molecule has 0 radical (unpaired) electrons. The average Bonchev–Trinajstić information content (AvgIpc) is 2.89. The van der Waals surface area contributed by atoms with E-state index in [1.165, 1.54) is 22.3 Å². The van der Waals surface area contributed by atoms with Gasteiger partial charge in [-0.25, -0.2) is 0 Å². The van der Waals surface area contributed by atoms with Gasteiger partial charge in [0.2, 0.25) is 0 Å². The minimum absolute atomic E-state index is 0.192. The van der Waals surface area contributed by atoms with Crippen molar-refractivity contribution in [3.63, 3.8) is 0 Å². The normalized spacial score (nSPS) is 16.4. The first-order valence-corrected chi connectivity index (χ1v) is 9.75. The van der Waals surface area contributed by atoms with Crippen molar-refractivity contribution in [1.29, 1.82) is 0 Å². The van der Waals surface area contributed by atoms with Crippen molar-refractivity contribution in [3.8, 4) is 0 Å². The smallest absolute Gasteiger partial charge is 0.266 e. The Morgan fingerprint density at radius 2 is 1.76 bits per heavy atom. The van der Waals surface area contributed by atoms with Gasteiger partial charge in [0, 0.05) is 4.47 Å². The van der Waals surface area contributed by atoms with E-state index in [4.69, 9.17) is 12.2 Å². The highest BCUT2D eigenvalue weighted by Crippen LogP contribution is 2.32. The van der Waals surface area contributed by atoms with Gasteiger partial charge in [-0.05, 0) is 53.5 Å². The molecule has 25 heavy (non-hydrogen) atoms. The van der Waals surface area contributed by atoms with E-state index < -0.39 is 0 Å². The molecular weight excluding hydrogens is 416 g/mol. The summed E-state index contributed by atoms with van der Waals surface area (Å²) < 4.78 is 1.43. The van der Waals surface area contributed by atoms with Crippen molar-refractivity contribution < 1.29 is 4.79 Å². The zero-order chi connectivity index (χ0) is 17.8. The number of carbonyl (C=O) groups excluding carboxylic acids is 1. The molecule has 3 nitrogen and oxygen atoms in total. The lowest BCUT2D eigenvalue weighted by molar-refractivity contribution is -0.122. The van der Waals surface area contributed by atoms with Crippen LogP contribution < -0.4 is 0 Å². The van der Waals surface area contributed by atoms with Gasteiger partial charge in [-0.1, -0.05) is 71.0 Å². The first-order valence-electron chi connectivity index (χ1n) is 7.73. The third-order valence-electron chi connectivity index (χ3n) is 3.65. The van der Waals surface area contributed by atoms with Crippen molar-refractivity contribution in [2.75, 3.05) is 0 Å². The van der Waals surface area contributed by atoms with Crippen LogP contribution in [-0.2, 0) is 11.2 Å². The molecule has 0 unspecified atom stereocenters. The molecule has 3 rings (SSSR count). The van der Waals surface area contributed by atoms with Crippen LogP contribution in [0.3, 0.4) is 0 Å². The lowest BCUT2D eigenvalue weighted by Gasteiger charge is -2.06. The quantitative estimate of drug-likeness (QED) is 0.377. The fourth-order valence-electron chi connectivity index (χ4n) is 2.23. The molecule has 1 heterocycles. The summed E-state index contributed by atoms with van der Waals surface area (Å²) in [6.07, 6.45) is 4.48. The summed E-state index contributed by atoms with van der Waals surface area (Å²) in [6.45, 7) is 2.11. The van der Waals surface area contributed by atoms with E-state index in [1.807, 2.05) is 42.5 Å². The number of thioether (sulfide) groups is 1. The van der Waals surface area contributed by atoms with Crippen LogP contribution in [-0.4, -0.2) is 21.5 Å². The van der Waals surface area contributed by atoms with Crippen molar-refractivity contribution in [1.82, 2.24) is 5.01 Å². The second kappa shape index (κ2) is 8.08. The van der Waals surface area contributed by atoms with Crippen LogP contribution in [0.15, 0.2) is 63.0 Å². The molecule has 2 aromatic carbocycles. The number of carbonyl (C=O) groups is 1. The molecule has 1 aliphatic rings. The Hall–Kier alpha value is -1.76. The van der Waals surface area contributed by atoms with Crippen LogP contribution in [0.4, 0.5) is 0 Å². The molecule has 0 bridgehead atoms. The molecule has 0 aromatic heterocycles. The van der Waals surface area contributed by atoms with Crippen molar-refractivity contribution in [3.05, 3.63) is 74.6 Å². The Kier molecular flexibility index (Phi) is 5.83. The number of hydrazone groups is 1. The topological polar surface area (TPSA) is 32.7 Å². The van der Waals surface area contributed by atoms with Crippen LogP contribution in [0.1, 0.15) is 23.6 Å². The average molecular weight is 431 g/mol. The number of amides is 1. The monoisotopic (exact) mass is 430 g/mol. The molecular formula is C19H15BrN2OS2. The first-order chi connectivity index (χ1) is 12.1. The lowest BCUT2D eigenvalue weighted by atomic mass is 10.1. The minimum Gasteiger partial charge on any atom is -0.266 e. The van der Waals surface area contributed by atoms with Crippen molar-refractivity contribution >= 4 is 62.4 Å². The van der Waals surface area contributed by atoms with Crippen molar-refractivity contribution in [2.45, 2.75) is 13.3 Å². The van der Waals surface area contributed by atoms with E-state index >= 15 is 0 Å². The molecule has 0 spiro atoms. The maximum Gasteiger partial charge on any atom is 0.286 e. The maximum atomic E-state index is 12.5. The summed E-state index contributed by atoms with van der Waals surface area (Å²) in [6, 6.07) is 15.8. The Morgan fingerprint density at radius 1 is 1.12 bits per heavy atom. The second-order valence-electron chi connectivity index (χ2n) is 5.38. The van der Waals surface area contributed by atoms with E-state index in [0.29, 0.717) is 9.23 Å². The van der Waals surface area contributed by atoms with Crippen LogP contribution in [0.5, 0.6) is 0 Å². The van der Waals surface area contributed by atoms with Gasteiger partial charge in [0.1, 0.15) is 0 Å². The van der Waals surface area contributed by atoms with Gasteiger partial charge in [-0.15, -0.1) is 0 Å². The molecule has 1 saturated heterocycles. The van der Waals surface area contributed by atoms with Crippen LogP contribution in [0.2, 0.25) is 0 Å². The summed E-state index contributed by atoms with van der Waals surface area (Å²) >= 11 is 9.95. The van der Waals surface area contributed by atoms with E-state index in [1.54, 1.807) is 6.21 Å². The third kappa shape index (κ3) is 4.45. The second-order valence-corrected chi connectivity index (χ2v) is 7.98. The molecule has 6 heteroatoms. The van der Waals surface area contributed by atoms with Gasteiger partial charge in [0.25, 0.3) is 5.91 Å². The number of benzene rings is 2. The Bertz CT molecular complexity index is 858. The Balaban J connectivity index is 1.77. The van der Waals surface area contributed by atoms with Gasteiger partial charge in [-0.3, -0.25) is 4.79 Å². The number of thiocarbonyl (C=S) groups is 1. The first kappa shape index (κ1) is 18.0. The number of nitrogens with zero attached hydrogens (tertiary/aromatic N) is 2. The highest BCUT2D eigenvalue weighted by Gasteiger charge is 2.31. The van der Waals surface area contributed by atoms with E-state index in [-0.39, 0.29) is 5.91 Å². The van der Waals surface area contributed by atoms with Crippen LogP contribution >= 0.6 is 39.9 Å². The van der Waals surface area contributed by atoms with Crippen LogP contribution in [0, 0.1) is 0 Å². The fourth-order valence-corrected chi connectivity index (χ4v) is 3.67. The van der Waals surface area contributed by atoms with Gasteiger partial charge in [-0.2, -0.15) is 10.1 Å². The highest BCUT2D eigenvalue weighted by molar-refractivity contribution is 9.10. The molecule has 0 aliphatic carbocycles. The van der Waals surface area contributed by atoms with Gasteiger partial charge in [0.05, 0.1) is 11.1 Å². The zero-order valence-electron chi connectivity index (χ0n) is 13.5. The predicted molar refractivity (Wildman–Crippen MR) is 113 cm³/mol. The van der Waals surface area contributed by atoms with Crippen molar-refractivity contribution in [2.24, 2.45) is 5.10 Å². The van der Waals surface area contributed by atoms with Gasteiger partial charge < -0.3 is 0 Å². The number of rotatable bonds is 4. The standard InChI is InChI=1S/C19H15BrN2OS2/c1-2-13-3-5-14(6-4-13)11-17-18(23)22(19(24)25-17)21-12-15-7-9-16(20)10-8-15/h3-12H,2H2,1H3/b17-11+,21-12+. The van der Waals surface area contributed by atoms with Crippen LogP contribution in [0.25, 0.3) is 6.08 Å². The van der Waals surface area contributed by atoms with Gasteiger partial charge in [0.15, 0.2) is 4.32 Å². The number of hydrogen-bond acceptors (Lipinski definition) is 4. The number of halogens is 1.